The Bertz CT molecular complexity index is 661. The maximum absolute atomic E-state index is 9.38. The van der Waals surface area contributed by atoms with Gasteiger partial charge in [0.1, 0.15) is 11.5 Å². The van der Waals surface area contributed by atoms with E-state index >= 15 is 0 Å². The predicted molar refractivity (Wildman–Crippen MR) is 111 cm³/mol. The van der Waals surface area contributed by atoms with E-state index in [1.165, 1.54) is 45.1 Å². The Morgan fingerprint density at radius 3 is 1.73 bits per heavy atom. The van der Waals surface area contributed by atoms with Crippen molar-refractivity contribution in [3.63, 3.8) is 0 Å². The van der Waals surface area contributed by atoms with Crippen molar-refractivity contribution >= 4 is 10.8 Å². The maximum atomic E-state index is 9.38. The van der Waals surface area contributed by atoms with Gasteiger partial charge in [0.2, 0.25) is 0 Å². The van der Waals surface area contributed by atoms with Crippen molar-refractivity contribution in [3.05, 3.63) is 36.4 Å². The molecule has 2 aliphatic rings. The van der Waals surface area contributed by atoms with Gasteiger partial charge in [-0.05, 0) is 50.7 Å². The molecule has 1 aliphatic heterocycles. The molecule has 3 heteroatoms. The van der Waals surface area contributed by atoms with Gasteiger partial charge < -0.3 is 15.5 Å². The van der Waals surface area contributed by atoms with Gasteiger partial charge in [0, 0.05) is 22.9 Å². The second-order valence-corrected chi connectivity index (χ2v) is 8.12. The topological polar surface area (TPSA) is 52.5 Å². The lowest BCUT2D eigenvalue weighted by molar-refractivity contribution is 0.204. The lowest BCUT2D eigenvalue weighted by Crippen LogP contribution is -2.31. The Kier molecular flexibility index (Phi) is 6.94. The van der Waals surface area contributed by atoms with Crippen LogP contribution in [0.3, 0.4) is 0 Å². The van der Waals surface area contributed by atoms with Crippen LogP contribution in [0, 0.1) is 5.41 Å². The number of nitrogens with one attached hydrogen (secondary N) is 1. The Morgan fingerprint density at radius 1 is 0.808 bits per heavy atom. The zero-order valence-electron chi connectivity index (χ0n) is 16.8. The number of phenols is 2. The minimum Gasteiger partial charge on any atom is -0.507 e. The van der Waals surface area contributed by atoms with E-state index in [1.807, 2.05) is 13.8 Å². The van der Waals surface area contributed by atoms with Crippen LogP contribution >= 0.6 is 0 Å². The van der Waals surface area contributed by atoms with Crippen molar-refractivity contribution < 1.29 is 10.2 Å². The normalized spacial score (nSPS) is 20.0. The molecule has 1 heterocycles. The summed E-state index contributed by atoms with van der Waals surface area (Å²) in [6.45, 7) is 9.96. The van der Waals surface area contributed by atoms with Crippen LogP contribution < -0.4 is 5.32 Å². The molecular formula is C23H35NO2. The standard InChI is InChI=1S/C11H21N.C10H8O2.C2H6/c1-10(2)8-11(9-12-10)6-4-3-5-7-11;11-9-5-1-3-7-8(9)4-2-6-10(7)12;1-2/h12H,3-9H2,1-2H3;1-6,11-12H;1-2H3. The monoisotopic (exact) mass is 357 g/mol. The number of hydrogen-bond donors (Lipinski definition) is 3. The van der Waals surface area contributed by atoms with Crippen LogP contribution in [0.4, 0.5) is 0 Å². The molecule has 0 atom stereocenters. The van der Waals surface area contributed by atoms with Crippen LogP contribution in [0.25, 0.3) is 10.8 Å². The third-order valence-electron chi connectivity index (χ3n) is 5.55. The highest BCUT2D eigenvalue weighted by Crippen LogP contribution is 2.45. The van der Waals surface area contributed by atoms with Crippen molar-refractivity contribution in [2.24, 2.45) is 5.41 Å². The molecule has 0 radical (unpaired) electrons. The van der Waals surface area contributed by atoms with Crippen LogP contribution in [0.15, 0.2) is 36.4 Å². The van der Waals surface area contributed by atoms with E-state index in [-0.39, 0.29) is 11.5 Å². The number of fused-ring (bicyclic) bond motifs is 1. The zero-order valence-corrected chi connectivity index (χ0v) is 16.8. The molecule has 144 valence electrons. The number of aromatic hydroxyl groups is 2. The maximum Gasteiger partial charge on any atom is 0.123 e. The molecule has 2 aromatic rings. The summed E-state index contributed by atoms with van der Waals surface area (Å²) in [5.41, 5.74) is 1.11. The smallest absolute Gasteiger partial charge is 0.123 e. The third kappa shape index (κ3) is 4.91. The Morgan fingerprint density at radius 2 is 1.31 bits per heavy atom. The SMILES string of the molecule is CC.CC1(C)CC2(CCCCC2)CN1.Oc1cccc2c(O)cccc12. The summed E-state index contributed by atoms with van der Waals surface area (Å²) < 4.78 is 0. The largest absolute Gasteiger partial charge is 0.507 e. The van der Waals surface area contributed by atoms with Crippen LogP contribution in [-0.4, -0.2) is 22.3 Å². The Hall–Kier alpha value is -1.74. The minimum absolute atomic E-state index is 0.198. The summed E-state index contributed by atoms with van der Waals surface area (Å²) in [7, 11) is 0. The van der Waals surface area contributed by atoms with Gasteiger partial charge in [0.25, 0.3) is 0 Å². The van der Waals surface area contributed by atoms with Gasteiger partial charge in [-0.3, -0.25) is 0 Å². The highest BCUT2D eigenvalue weighted by atomic mass is 16.3. The summed E-state index contributed by atoms with van der Waals surface area (Å²) in [5, 5.41) is 23.8. The highest BCUT2D eigenvalue weighted by molar-refractivity contribution is 5.92. The second kappa shape index (κ2) is 8.77. The van der Waals surface area contributed by atoms with Crippen LogP contribution in [-0.2, 0) is 0 Å². The van der Waals surface area contributed by atoms with Gasteiger partial charge in [-0.15, -0.1) is 0 Å². The molecule has 26 heavy (non-hydrogen) atoms. The fraction of sp³-hybridized carbons (Fsp3) is 0.565. The van der Waals surface area contributed by atoms with Gasteiger partial charge in [-0.2, -0.15) is 0 Å². The fourth-order valence-electron chi connectivity index (χ4n) is 4.42. The van der Waals surface area contributed by atoms with Crippen LogP contribution in [0.5, 0.6) is 11.5 Å². The number of hydrogen-bond acceptors (Lipinski definition) is 3. The summed E-state index contributed by atoms with van der Waals surface area (Å²) in [4.78, 5) is 0. The molecule has 0 bridgehead atoms. The van der Waals surface area contributed by atoms with E-state index in [9.17, 15) is 10.2 Å². The van der Waals surface area contributed by atoms with E-state index in [1.54, 1.807) is 36.4 Å². The summed E-state index contributed by atoms with van der Waals surface area (Å²) in [6, 6.07) is 10.1. The quantitative estimate of drug-likeness (QED) is 0.543. The minimum atomic E-state index is 0.198. The predicted octanol–water partition coefficient (Wildman–Crippen LogP) is 5.99. The molecule has 0 aromatic heterocycles. The molecule has 1 saturated heterocycles. The molecule has 1 spiro atoms. The highest BCUT2D eigenvalue weighted by Gasteiger charge is 2.42. The van der Waals surface area contributed by atoms with E-state index in [2.05, 4.69) is 19.2 Å². The second-order valence-electron chi connectivity index (χ2n) is 8.12. The van der Waals surface area contributed by atoms with Crippen molar-refractivity contribution in [2.45, 2.75) is 71.8 Å². The lowest BCUT2D eigenvalue weighted by Gasteiger charge is -2.33. The Balaban J connectivity index is 0.000000171. The van der Waals surface area contributed by atoms with Crippen LogP contribution in [0.2, 0.25) is 0 Å². The molecule has 2 fully saturated rings. The lowest BCUT2D eigenvalue weighted by atomic mass is 9.71. The average Bonchev–Trinajstić information content (AvgIpc) is 2.93. The number of rotatable bonds is 0. The van der Waals surface area contributed by atoms with Crippen molar-refractivity contribution in [2.75, 3.05) is 6.54 Å². The van der Waals surface area contributed by atoms with Crippen molar-refractivity contribution in [1.29, 1.82) is 0 Å². The van der Waals surface area contributed by atoms with Crippen molar-refractivity contribution in [1.82, 2.24) is 5.32 Å². The van der Waals surface area contributed by atoms with E-state index in [0.29, 0.717) is 21.7 Å². The molecule has 1 aliphatic carbocycles. The number of phenolic OH excluding ortho intramolecular Hbond substituents is 2. The third-order valence-corrected chi connectivity index (χ3v) is 5.55. The number of benzene rings is 2. The molecular weight excluding hydrogens is 322 g/mol. The summed E-state index contributed by atoms with van der Waals surface area (Å²) >= 11 is 0. The first-order valence-electron chi connectivity index (χ1n) is 10.1. The molecule has 1 saturated carbocycles. The van der Waals surface area contributed by atoms with Gasteiger partial charge in [0.05, 0.1) is 0 Å². The average molecular weight is 358 g/mol. The van der Waals surface area contributed by atoms with Crippen molar-refractivity contribution in [3.8, 4) is 11.5 Å². The van der Waals surface area contributed by atoms with E-state index < -0.39 is 0 Å². The van der Waals surface area contributed by atoms with Crippen LogP contribution in [0.1, 0.15) is 66.2 Å². The molecule has 3 N–H and O–H groups in total. The molecule has 4 rings (SSSR count). The summed E-state index contributed by atoms with van der Waals surface area (Å²) in [6.07, 6.45) is 8.77. The molecule has 0 amide bonds. The van der Waals surface area contributed by atoms with E-state index in [4.69, 9.17) is 0 Å². The Labute approximate surface area is 158 Å². The fourth-order valence-corrected chi connectivity index (χ4v) is 4.42. The zero-order chi connectivity index (χ0) is 19.2. The molecule has 0 unspecified atom stereocenters. The van der Waals surface area contributed by atoms with Gasteiger partial charge in [-0.25, -0.2) is 0 Å². The molecule has 2 aromatic carbocycles. The first kappa shape index (κ1) is 20.6. The summed E-state index contributed by atoms with van der Waals surface area (Å²) in [5.74, 6) is 0.395. The van der Waals surface area contributed by atoms with Gasteiger partial charge >= 0.3 is 0 Å². The molecule has 3 nitrogen and oxygen atoms in total. The van der Waals surface area contributed by atoms with E-state index in [0.717, 1.165) is 0 Å². The van der Waals surface area contributed by atoms with Gasteiger partial charge in [-0.1, -0.05) is 57.4 Å². The first-order valence-corrected chi connectivity index (χ1v) is 10.1. The first-order chi connectivity index (χ1) is 12.4. The van der Waals surface area contributed by atoms with Gasteiger partial charge in [0.15, 0.2) is 0 Å².